The van der Waals surface area contributed by atoms with E-state index in [1.807, 2.05) is 18.0 Å². The normalized spacial score (nSPS) is 15.5. The van der Waals surface area contributed by atoms with E-state index in [0.29, 0.717) is 77.0 Å². The molecule has 1 aromatic heterocycles. The van der Waals surface area contributed by atoms with Gasteiger partial charge in [0.2, 0.25) is 0 Å². The first-order chi connectivity index (χ1) is 21.6. The number of nitrogens with zero attached hydrogens (tertiary/aromatic N) is 3. The first kappa shape index (κ1) is 32.2. The van der Waals surface area contributed by atoms with Gasteiger partial charge >= 0.3 is 6.18 Å². The number of anilines is 5. The van der Waals surface area contributed by atoms with E-state index >= 15 is 0 Å². The summed E-state index contributed by atoms with van der Waals surface area (Å²) in [6, 6.07) is 19.3. The minimum Gasteiger partial charge on any atom is -0.369 e. The maximum absolute atomic E-state index is 13.8. The van der Waals surface area contributed by atoms with Gasteiger partial charge in [0.1, 0.15) is 6.07 Å². The van der Waals surface area contributed by atoms with Gasteiger partial charge in [-0.3, -0.25) is 9.59 Å². The molecule has 9 nitrogen and oxygen atoms in total. The molecular formula is C33H29ClF3N7O2. The number of alkyl halides is 3. The molecule has 0 spiro atoms. The molecule has 2 aliphatic heterocycles. The molecule has 1 fully saturated rings. The maximum atomic E-state index is 13.8. The van der Waals surface area contributed by atoms with Gasteiger partial charge in [0.25, 0.3) is 11.8 Å². The molecule has 4 aromatic rings. The Balaban J connectivity index is 0.00000417. The van der Waals surface area contributed by atoms with Gasteiger partial charge < -0.3 is 30.7 Å². The van der Waals surface area contributed by atoms with Gasteiger partial charge in [-0.15, -0.1) is 12.4 Å². The molecule has 46 heavy (non-hydrogen) atoms. The standard InChI is InChI=1S/C33H28F3N7O2.ClH/c1-42-7-9-43(10-8-42)27-13-21(12-22(14-27)33(34,35)36)31(44)40-24-4-2-3-23(15-24)39-25-5-6-28-29(32(45)41-30(28)17-25)16-26-11-20(18-37)19-38-26;/h2-6,11-17,19,38-39H,7-10H2,1H3,(H,40,44)(H,41,45);1H/b29-16-;. The number of aromatic nitrogens is 1. The van der Waals surface area contributed by atoms with E-state index in [0.717, 1.165) is 12.1 Å². The highest BCUT2D eigenvalue weighted by Gasteiger charge is 2.33. The predicted molar refractivity (Wildman–Crippen MR) is 175 cm³/mol. The lowest BCUT2D eigenvalue weighted by molar-refractivity contribution is -0.137. The summed E-state index contributed by atoms with van der Waals surface area (Å²) in [5.74, 6) is -0.928. The van der Waals surface area contributed by atoms with E-state index in [4.69, 9.17) is 5.26 Å². The van der Waals surface area contributed by atoms with Crippen LogP contribution in [-0.2, 0) is 11.0 Å². The van der Waals surface area contributed by atoms with Crippen molar-refractivity contribution in [3.05, 3.63) is 101 Å². The molecule has 6 rings (SSSR count). The van der Waals surface area contributed by atoms with Crippen LogP contribution in [0.2, 0.25) is 0 Å². The first-order valence-corrected chi connectivity index (χ1v) is 14.2. The third-order valence-electron chi connectivity index (χ3n) is 7.72. The second kappa shape index (κ2) is 13.0. The van der Waals surface area contributed by atoms with Gasteiger partial charge in [0.15, 0.2) is 0 Å². The molecule has 3 heterocycles. The maximum Gasteiger partial charge on any atom is 0.416 e. The number of nitrogens with one attached hydrogen (secondary N) is 4. The van der Waals surface area contributed by atoms with Crippen LogP contribution in [0.4, 0.5) is 41.6 Å². The quantitative estimate of drug-likeness (QED) is 0.176. The number of carbonyl (C=O) groups excluding carboxylic acids is 2. The summed E-state index contributed by atoms with van der Waals surface area (Å²) in [7, 11) is 1.96. The molecule has 13 heteroatoms. The molecule has 0 saturated carbocycles. The van der Waals surface area contributed by atoms with E-state index < -0.39 is 17.6 Å². The Hall–Kier alpha value is -5.25. The van der Waals surface area contributed by atoms with Crippen LogP contribution in [0.15, 0.2) is 72.9 Å². The van der Waals surface area contributed by atoms with Gasteiger partial charge in [-0.1, -0.05) is 12.1 Å². The third-order valence-corrected chi connectivity index (χ3v) is 7.72. The van der Waals surface area contributed by atoms with Crippen LogP contribution in [0, 0.1) is 11.3 Å². The number of H-pyrrole nitrogens is 1. The van der Waals surface area contributed by atoms with Crippen LogP contribution in [0.5, 0.6) is 0 Å². The fraction of sp³-hybridized carbons (Fsp3) is 0.182. The van der Waals surface area contributed by atoms with Gasteiger partial charge in [0, 0.05) is 71.9 Å². The Bertz CT molecular complexity index is 1870. The van der Waals surface area contributed by atoms with E-state index in [1.165, 1.54) is 6.07 Å². The number of amides is 2. The number of likely N-dealkylation sites (N-methyl/N-ethyl adjacent to an activating group) is 1. The molecule has 0 radical (unpaired) electrons. The monoisotopic (exact) mass is 647 g/mol. The molecule has 1 saturated heterocycles. The smallest absolute Gasteiger partial charge is 0.369 e. The van der Waals surface area contributed by atoms with Crippen molar-refractivity contribution in [2.24, 2.45) is 0 Å². The highest BCUT2D eigenvalue weighted by Crippen LogP contribution is 2.36. The molecule has 236 valence electrons. The molecule has 4 N–H and O–H groups in total. The molecule has 0 unspecified atom stereocenters. The summed E-state index contributed by atoms with van der Waals surface area (Å²) >= 11 is 0. The number of nitriles is 1. The Morgan fingerprint density at radius 3 is 2.43 bits per heavy atom. The molecule has 0 aliphatic carbocycles. The molecule has 2 amide bonds. The van der Waals surface area contributed by atoms with Gasteiger partial charge in [-0.2, -0.15) is 18.4 Å². The average molecular weight is 648 g/mol. The van der Waals surface area contributed by atoms with Gasteiger partial charge in [0.05, 0.1) is 22.4 Å². The third kappa shape index (κ3) is 7.01. The Morgan fingerprint density at radius 1 is 0.978 bits per heavy atom. The van der Waals surface area contributed by atoms with Gasteiger partial charge in [-0.25, -0.2) is 0 Å². The summed E-state index contributed by atoms with van der Waals surface area (Å²) in [6.45, 7) is 2.55. The number of piperazine rings is 1. The highest BCUT2D eigenvalue weighted by molar-refractivity contribution is 6.35. The average Bonchev–Trinajstić information content (AvgIpc) is 3.60. The van der Waals surface area contributed by atoms with E-state index in [9.17, 15) is 22.8 Å². The van der Waals surface area contributed by atoms with Crippen molar-refractivity contribution in [3.63, 3.8) is 0 Å². The molecular weight excluding hydrogens is 619 g/mol. The second-order valence-corrected chi connectivity index (χ2v) is 10.9. The summed E-state index contributed by atoms with van der Waals surface area (Å²) in [5.41, 5.74) is 3.94. The van der Waals surface area contributed by atoms with Crippen molar-refractivity contribution in [1.82, 2.24) is 9.88 Å². The summed E-state index contributed by atoms with van der Waals surface area (Å²) in [4.78, 5) is 32.8. The summed E-state index contributed by atoms with van der Waals surface area (Å²) in [5, 5.41) is 17.9. The number of aromatic amines is 1. The SMILES string of the molecule is CN1CCN(c2cc(C(=O)Nc3cccc(Nc4ccc5c(c4)NC(=O)/C5=C\c4cc(C#N)c[nH]4)c3)cc(C(F)(F)F)c2)CC1.Cl. The zero-order chi connectivity index (χ0) is 31.7. The van der Waals surface area contributed by atoms with Gasteiger partial charge in [-0.05, 0) is 67.7 Å². The Kier molecular flexibility index (Phi) is 9.09. The van der Waals surface area contributed by atoms with Crippen molar-refractivity contribution >= 4 is 64.3 Å². The van der Waals surface area contributed by atoms with Crippen molar-refractivity contribution in [3.8, 4) is 6.07 Å². The second-order valence-electron chi connectivity index (χ2n) is 10.9. The Labute approximate surface area is 269 Å². The molecule has 0 atom stereocenters. The first-order valence-electron chi connectivity index (χ1n) is 14.2. The minimum atomic E-state index is -4.60. The zero-order valence-corrected chi connectivity index (χ0v) is 25.4. The van der Waals surface area contributed by atoms with Crippen molar-refractivity contribution in [2.45, 2.75) is 6.18 Å². The zero-order valence-electron chi connectivity index (χ0n) is 24.5. The lowest BCUT2D eigenvalue weighted by Gasteiger charge is -2.34. The van der Waals surface area contributed by atoms with Crippen LogP contribution in [0.3, 0.4) is 0 Å². The number of halogens is 4. The van der Waals surface area contributed by atoms with E-state index in [2.05, 4.69) is 25.8 Å². The van der Waals surface area contributed by atoms with Crippen LogP contribution in [-0.4, -0.2) is 54.9 Å². The predicted octanol–water partition coefficient (Wildman–Crippen LogP) is 6.57. The number of carbonyl (C=O) groups is 2. The largest absolute Gasteiger partial charge is 0.416 e. The lowest BCUT2D eigenvalue weighted by Crippen LogP contribution is -2.44. The summed E-state index contributed by atoms with van der Waals surface area (Å²) < 4.78 is 41.3. The van der Waals surface area contributed by atoms with Crippen LogP contribution in [0.1, 0.15) is 32.7 Å². The number of hydrogen-bond donors (Lipinski definition) is 4. The number of benzene rings is 3. The molecule has 3 aromatic carbocycles. The number of rotatable bonds is 6. The molecule has 0 bridgehead atoms. The number of hydrogen-bond acceptors (Lipinski definition) is 6. The topological polar surface area (TPSA) is 116 Å². The van der Waals surface area contributed by atoms with Crippen LogP contribution in [0.25, 0.3) is 11.6 Å². The van der Waals surface area contributed by atoms with E-state index in [1.54, 1.807) is 60.8 Å². The van der Waals surface area contributed by atoms with Crippen molar-refractivity contribution in [1.29, 1.82) is 5.26 Å². The highest BCUT2D eigenvalue weighted by atomic mass is 35.5. The fourth-order valence-electron chi connectivity index (χ4n) is 5.33. The van der Waals surface area contributed by atoms with Crippen molar-refractivity contribution in [2.75, 3.05) is 54.1 Å². The Morgan fingerprint density at radius 2 is 1.72 bits per heavy atom. The van der Waals surface area contributed by atoms with Crippen LogP contribution >= 0.6 is 12.4 Å². The van der Waals surface area contributed by atoms with Crippen molar-refractivity contribution < 1.29 is 22.8 Å². The van der Waals surface area contributed by atoms with E-state index in [-0.39, 0.29) is 23.9 Å². The lowest BCUT2D eigenvalue weighted by atomic mass is 10.1. The molecule has 2 aliphatic rings. The fourth-order valence-corrected chi connectivity index (χ4v) is 5.33. The minimum absolute atomic E-state index is 0. The number of fused-ring (bicyclic) bond motifs is 1. The van der Waals surface area contributed by atoms with Crippen LogP contribution < -0.4 is 20.9 Å². The summed E-state index contributed by atoms with van der Waals surface area (Å²) in [6.07, 6.45) is -1.36.